The topological polar surface area (TPSA) is 100 Å². The van der Waals surface area contributed by atoms with Crippen molar-refractivity contribution in [2.45, 2.75) is 19.8 Å². The van der Waals surface area contributed by atoms with Gasteiger partial charge in [-0.25, -0.2) is 9.97 Å². The van der Waals surface area contributed by atoms with Crippen LogP contribution in [0.3, 0.4) is 0 Å². The van der Waals surface area contributed by atoms with Gasteiger partial charge in [0.2, 0.25) is 11.8 Å². The number of carbonyl (C=O) groups is 2. The third-order valence-electron chi connectivity index (χ3n) is 4.46. The molecule has 8 nitrogen and oxygen atoms in total. The number of nitrogens with one attached hydrogen (secondary N) is 2. The zero-order valence-corrected chi connectivity index (χ0v) is 18.6. The highest BCUT2D eigenvalue weighted by Gasteiger charge is 2.18. The molecule has 0 bridgehead atoms. The monoisotopic (exact) mass is 436 g/mol. The number of rotatable bonds is 7. The van der Waals surface area contributed by atoms with E-state index in [0.29, 0.717) is 16.6 Å². The predicted octanol–water partition coefficient (Wildman–Crippen LogP) is 3.92. The lowest BCUT2D eigenvalue weighted by Crippen LogP contribution is -2.18. The van der Waals surface area contributed by atoms with Crippen LogP contribution < -0.4 is 15.5 Å². The summed E-state index contributed by atoms with van der Waals surface area (Å²) in [7, 11) is 3.86. The fraction of sp³-hybridized carbons (Fsp3) is 0.227. The molecule has 0 radical (unpaired) electrons. The Morgan fingerprint density at radius 1 is 1.10 bits per heavy atom. The van der Waals surface area contributed by atoms with Crippen LogP contribution in [0.1, 0.15) is 25.3 Å². The molecule has 1 unspecified atom stereocenters. The number of amides is 2. The minimum absolute atomic E-state index is 0.134. The van der Waals surface area contributed by atoms with Gasteiger partial charge in [-0.3, -0.25) is 14.6 Å². The summed E-state index contributed by atoms with van der Waals surface area (Å²) in [4.78, 5) is 39.1. The van der Waals surface area contributed by atoms with Gasteiger partial charge in [-0.1, -0.05) is 35.6 Å². The lowest BCUT2D eigenvalue weighted by atomic mass is 9.97. The normalized spacial score (nSPS) is 11.9. The van der Waals surface area contributed by atoms with Crippen LogP contribution in [0.15, 0.2) is 55.0 Å². The number of hydrogen-bond donors (Lipinski definition) is 2. The first-order valence-electron chi connectivity index (χ1n) is 9.67. The van der Waals surface area contributed by atoms with Crippen LogP contribution in [0.2, 0.25) is 0 Å². The predicted molar refractivity (Wildman–Crippen MR) is 124 cm³/mol. The average Bonchev–Trinajstić information content (AvgIpc) is 3.23. The van der Waals surface area contributed by atoms with Crippen molar-refractivity contribution in [2.75, 3.05) is 29.6 Å². The molecule has 31 heavy (non-hydrogen) atoms. The zero-order chi connectivity index (χ0) is 22.4. The van der Waals surface area contributed by atoms with E-state index >= 15 is 0 Å². The summed E-state index contributed by atoms with van der Waals surface area (Å²) >= 11 is 1.42. The Bertz CT molecular complexity index is 1090. The molecule has 9 heteroatoms. The van der Waals surface area contributed by atoms with Crippen molar-refractivity contribution in [2.24, 2.45) is 0 Å². The number of nitrogens with zero attached hydrogens (tertiary/aromatic N) is 4. The van der Waals surface area contributed by atoms with E-state index in [0.717, 1.165) is 16.1 Å². The Hall–Kier alpha value is -3.59. The van der Waals surface area contributed by atoms with Gasteiger partial charge in [0.1, 0.15) is 5.00 Å². The van der Waals surface area contributed by atoms with E-state index in [1.54, 1.807) is 25.4 Å². The van der Waals surface area contributed by atoms with Crippen molar-refractivity contribution in [1.29, 1.82) is 0 Å². The molecule has 1 atom stereocenters. The molecule has 0 fully saturated rings. The van der Waals surface area contributed by atoms with Crippen LogP contribution in [0.4, 0.5) is 16.0 Å². The summed E-state index contributed by atoms with van der Waals surface area (Å²) in [5.74, 6) is -0.399. The molecule has 0 aliphatic rings. The fourth-order valence-corrected chi connectivity index (χ4v) is 3.47. The molecule has 160 valence electrons. The number of allylic oxidation sites excluding steroid dienone is 1. The van der Waals surface area contributed by atoms with Gasteiger partial charge in [0.05, 0.1) is 30.2 Å². The number of aromatic nitrogens is 3. The Balaban J connectivity index is 1.71. The van der Waals surface area contributed by atoms with E-state index in [1.165, 1.54) is 23.6 Å². The number of carbonyl (C=O) groups excluding carboxylic acids is 2. The quantitative estimate of drug-likeness (QED) is 0.545. The van der Waals surface area contributed by atoms with E-state index in [4.69, 9.17) is 0 Å². The Kier molecular flexibility index (Phi) is 7.09. The first-order chi connectivity index (χ1) is 14.9. The molecule has 0 aliphatic carbocycles. The summed E-state index contributed by atoms with van der Waals surface area (Å²) < 4.78 is 0. The smallest absolute Gasteiger partial charge is 0.249 e. The van der Waals surface area contributed by atoms with Crippen LogP contribution in [-0.2, 0) is 9.59 Å². The molecule has 2 heterocycles. The minimum Gasteiger partial charge on any atom is -0.368 e. The van der Waals surface area contributed by atoms with E-state index < -0.39 is 0 Å². The van der Waals surface area contributed by atoms with Crippen LogP contribution in [0, 0.1) is 0 Å². The van der Waals surface area contributed by atoms with Gasteiger partial charge in [-0.05, 0) is 31.6 Å². The second-order valence-electron chi connectivity index (χ2n) is 7.01. The van der Waals surface area contributed by atoms with E-state index in [2.05, 4.69) is 25.6 Å². The molecule has 2 aromatic heterocycles. The third-order valence-corrected chi connectivity index (χ3v) is 5.54. The van der Waals surface area contributed by atoms with Crippen molar-refractivity contribution in [1.82, 2.24) is 15.0 Å². The molecule has 2 N–H and O–H groups in total. The fourth-order valence-electron chi connectivity index (χ4n) is 2.72. The van der Waals surface area contributed by atoms with E-state index in [1.807, 2.05) is 50.2 Å². The van der Waals surface area contributed by atoms with Crippen molar-refractivity contribution < 1.29 is 9.59 Å². The molecular formula is C22H24N6O2S. The maximum Gasteiger partial charge on any atom is 0.249 e. The second kappa shape index (κ2) is 9.94. The van der Waals surface area contributed by atoms with Gasteiger partial charge < -0.3 is 15.5 Å². The average molecular weight is 437 g/mol. The van der Waals surface area contributed by atoms with Crippen LogP contribution in [-0.4, -0.2) is 40.9 Å². The van der Waals surface area contributed by atoms with Crippen molar-refractivity contribution in [3.63, 3.8) is 0 Å². The van der Waals surface area contributed by atoms with Crippen molar-refractivity contribution in [3.8, 4) is 11.3 Å². The molecule has 0 aliphatic heterocycles. The zero-order valence-electron chi connectivity index (χ0n) is 17.8. The molecule has 0 saturated carbocycles. The lowest BCUT2D eigenvalue weighted by molar-refractivity contribution is -0.117. The SMILES string of the molecule is CC=CC(=O)Nc1cnc(-c2cccc(C(C)C(=O)Nc3ncc(N(C)C)s3)c2)cn1. The highest BCUT2D eigenvalue weighted by molar-refractivity contribution is 7.19. The first kappa shape index (κ1) is 22.1. The summed E-state index contributed by atoms with van der Waals surface area (Å²) in [5, 5.41) is 7.05. The molecule has 0 spiro atoms. The van der Waals surface area contributed by atoms with E-state index in [9.17, 15) is 9.59 Å². The molecule has 1 aromatic carbocycles. The Morgan fingerprint density at radius 2 is 1.90 bits per heavy atom. The molecule has 3 aromatic rings. The largest absolute Gasteiger partial charge is 0.368 e. The Morgan fingerprint density at radius 3 is 2.55 bits per heavy atom. The van der Waals surface area contributed by atoms with Crippen LogP contribution in [0.5, 0.6) is 0 Å². The molecule has 2 amide bonds. The number of hydrogen-bond acceptors (Lipinski definition) is 7. The Labute approximate surface area is 185 Å². The van der Waals surface area contributed by atoms with Crippen LogP contribution in [0.25, 0.3) is 11.3 Å². The van der Waals surface area contributed by atoms with Crippen LogP contribution >= 0.6 is 11.3 Å². The molecule has 3 rings (SSSR count). The summed E-state index contributed by atoms with van der Waals surface area (Å²) in [5.41, 5.74) is 2.33. The maximum absolute atomic E-state index is 12.7. The second-order valence-corrected chi connectivity index (χ2v) is 8.02. The van der Waals surface area contributed by atoms with Gasteiger partial charge in [0.25, 0.3) is 0 Å². The maximum atomic E-state index is 12.7. The minimum atomic E-state index is -0.376. The standard InChI is InChI=1S/C22H24N6O2S/c1-5-7-19(29)26-18-12-23-17(11-24-18)16-9-6-8-15(10-16)14(2)21(30)27-22-25-13-20(31-22)28(3)4/h5-14H,1-4H3,(H,24,26,29)(H,25,27,30). The molecular weight excluding hydrogens is 412 g/mol. The van der Waals surface area contributed by atoms with Gasteiger partial charge >= 0.3 is 0 Å². The number of thiazole rings is 1. The van der Waals surface area contributed by atoms with E-state index in [-0.39, 0.29) is 17.7 Å². The highest BCUT2D eigenvalue weighted by Crippen LogP contribution is 2.28. The van der Waals surface area contributed by atoms with Gasteiger partial charge in [-0.15, -0.1) is 0 Å². The third kappa shape index (κ3) is 5.73. The summed E-state index contributed by atoms with van der Waals surface area (Å²) in [6, 6.07) is 7.60. The van der Waals surface area contributed by atoms with Crippen molar-refractivity contribution in [3.05, 3.63) is 60.6 Å². The molecule has 0 saturated heterocycles. The van der Waals surface area contributed by atoms with Gasteiger partial charge in [0, 0.05) is 19.7 Å². The highest BCUT2D eigenvalue weighted by atomic mass is 32.1. The lowest BCUT2D eigenvalue weighted by Gasteiger charge is -2.13. The number of benzene rings is 1. The first-order valence-corrected chi connectivity index (χ1v) is 10.5. The van der Waals surface area contributed by atoms with Crippen molar-refractivity contribution >= 4 is 39.1 Å². The summed E-state index contributed by atoms with van der Waals surface area (Å²) in [6.45, 7) is 3.61. The summed E-state index contributed by atoms with van der Waals surface area (Å²) in [6.07, 6.45) is 7.89. The number of anilines is 3. The van der Waals surface area contributed by atoms with Gasteiger partial charge in [0.15, 0.2) is 10.9 Å². The van der Waals surface area contributed by atoms with Gasteiger partial charge in [-0.2, -0.15) is 0 Å².